The molecule has 0 rings (SSSR count). The number of hydrogen-bond acceptors (Lipinski definition) is 3. The van der Waals surface area contributed by atoms with Crippen molar-refractivity contribution < 1.29 is 13.0 Å². The van der Waals surface area contributed by atoms with Gasteiger partial charge in [-0.1, -0.05) is 11.2 Å². The van der Waals surface area contributed by atoms with Crippen LogP contribution in [0.5, 0.6) is 0 Å². The molecule has 11 heavy (non-hydrogen) atoms. The van der Waals surface area contributed by atoms with Crippen LogP contribution in [0.15, 0.2) is 0 Å². The van der Waals surface area contributed by atoms with E-state index in [1.54, 1.807) is 12.7 Å². The normalized spacial score (nSPS) is 14.8. The number of rotatable bonds is 5. The van der Waals surface area contributed by atoms with Crippen molar-refractivity contribution in [2.75, 3.05) is 24.0 Å². The molecule has 0 aliphatic heterocycles. The predicted octanol–water partition coefficient (Wildman–Crippen LogP) is 0.00389. The van der Waals surface area contributed by atoms with E-state index in [4.69, 9.17) is 0 Å². The molecular weight excluding hydrogens is 184 g/mol. The SMILES string of the molecule is C[S+]([O-])CC[CH]CS(C)(=O)=O. The fourth-order valence-corrected chi connectivity index (χ4v) is 1.64. The summed E-state index contributed by atoms with van der Waals surface area (Å²) in [7, 11) is -2.88. The minimum absolute atomic E-state index is 0.0875. The molecule has 0 spiro atoms. The van der Waals surface area contributed by atoms with Crippen molar-refractivity contribution in [2.45, 2.75) is 6.42 Å². The third-order valence-corrected chi connectivity index (χ3v) is 2.68. The second-order valence-corrected chi connectivity index (χ2v) is 6.19. The Morgan fingerprint density at radius 3 is 2.45 bits per heavy atom. The standard InChI is InChI=1S/C6H13O3S2/c1-10(7)5-3-4-6-11(2,8)9/h4H,3,5-6H2,1-2H3. The van der Waals surface area contributed by atoms with Crippen LogP contribution in [0.3, 0.4) is 0 Å². The summed E-state index contributed by atoms with van der Waals surface area (Å²) in [6.45, 7) is 0. The zero-order valence-electron chi connectivity index (χ0n) is 6.74. The predicted molar refractivity (Wildman–Crippen MR) is 47.6 cm³/mol. The average molecular weight is 197 g/mol. The summed E-state index contributed by atoms with van der Waals surface area (Å²) in [4.78, 5) is 0. The van der Waals surface area contributed by atoms with E-state index in [9.17, 15) is 13.0 Å². The third kappa shape index (κ3) is 10.3. The average Bonchev–Trinajstić information content (AvgIpc) is 1.78. The van der Waals surface area contributed by atoms with Crippen LogP contribution in [0.2, 0.25) is 0 Å². The van der Waals surface area contributed by atoms with Crippen LogP contribution >= 0.6 is 0 Å². The molecule has 0 bridgehead atoms. The summed E-state index contributed by atoms with van der Waals surface area (Å²) in [5.41, 5.74) is 0. The van der Waals surface area contributed by atoms with Crippen molar-refractivity contribution in [1.29, 1.82) is 0 Å². The van der Waals surface area contributed by atoms with Gasteiger partial charge >= 0.3 is 0 Å². The monoisotopic (exact) mass is 197 g/mol. The molecule has 3 nitrogen and oxygen atoms in total. The van der Waals surface area contributed by atoms with E-state index in [-0.39, 0.29) is 5.75 Å². The lowest BCUT2D eigenvalue weighted by molar-refractivity contribution is 0.597. The number of unbranched alkanes of at least 4 members (excludes halogenated alkanes) is 1. The molecule has 0 saturated carbocycles. The fraction of sp³-hybridized carbons (Fsp3) is 0.833. The molecule has 67 valence electrons. The van der Waals surface area contributed by atoms with Gasteiger partial charge in [-0.05, 0) is 12.8 Å². The van der Waals surface area contributed by atoms with Crippen molar-refractivity contribution in [1.82, 2.24) is 0 Å². The van der Waals surface area contributed by atoms with Gasteiger partial charge in [0.05, 0.1) is 12.0 Å². The Kier molecular flexibility index (Phi) is 5.12. The Balaban J connectivity index is 3.30. The van der Waals surface area contributed by atoms with Crippen LogP contribution in [0.1, 0.15) is 6.42 Å². The molecule has 0 aromatic carbocycles. The van der Waals surface area contributed by atoms with E-state index < -0.39 is 21.0 Å². The van der Waals surface area contributed by atoms with E-state index in [2.05, 4.69) is 0 Å². The first-order valence-corrected chi connectivity index (χ1v) is 7.00. The number of sulfone groups is 1. The summed E-state index contributed by atoms with van der Waals surface area (Å²) in [6.07, 6.45) is 5.05. The molecule has 0 aromatic rings. The van der Waals surface area contributed by atoms with Crippen molar-refractivity contribution in [2.24, 2.45) is 0 Å². The first kappa shape index (κ1) is 11.3. The Labute approximate surface area is 71.3 Å². The second-order valence-electron chi connectivity index (χ2n) is 2.45. The van der Waals surface area contributed by atoms with Gasteiger partial charge in [-0.15, -0.1) is 0 Å². The maximum Gasteiger partial charge on any atom is 0.147 e. The van der Waals surface area contributed by atoms with Gasteiger partial charge in [0.1, 0.15) is 15.6 Å². The quantitative estimate of drug-likeness (QED) is 0.460. The molecule has 0 amide bonds. The molecule has 1 atom stereocenters. The summed E-state index contributed by atoms with van der Waals surface area (Å²) in [5.74, 6) is 0.639. The first-order chi connectivity index (χ1) is 4.92. The molecule has 0 aliphatic carbocycles. The summed E-state index contributed by atoms with van der Waals surface area (Å²) in [5, 5.41) is 0. The van der Waals surface area contributed by atoms with E-state index in [1.807, 2.05) is 0 Å². The molecule has 5 heteroatoms. The summed E-state index contributed by atoms with van der Waals surface area (Å²) >= 11 is -0.820. The molecule has 1 unspecified atom stereocenters. The Bertz CT molecular complexity index is 184. The van der Waals surface area contributed by atoms with E-state index in [1.165, 1.54) is 6.26 Å². The molecule has 0 N–H and O–H groups in total. The van der Waals surface area contributed by atoms with Crippen molar-refractivity contribution in [3.63, 3.8) is 0 Å². The van der Waals surface area contributed by atoms with Gasteiger partial charge in [-0.3, -0.25) is 0 Å². The van der Waals surface area contributed by atoms with E-state index in [0.717, 1.165) is 0 Å². The van der Waals surface area contributed by atoms with Gasteiger partial charge in [0.25, 0.3) is 0 Å². The third-order valence-electron chi connectivity index (χ3n) is 1.03. The zero-order chi connectivity index (χ0) is 8.91. The minimum Gasteiger partial charge on any atom is -0.617 e. The van der Waals surface area contributed by atoms with E-state index in [0.29, 0.717) is 12.2 Å². The molecular formula is C6H13O3S2. The fourth-order valence-electron chi connectivity index (χ4n) is 0.547. The van der Waals surface area contributed by atoms with Gasteiger partial charge in [-0.25, -0.2) is 8.42 Å². The van der Waals surface area contributed by atoms with Gasteiger partial charge in [0.2, 0.25) is 0 Å². The van der Waals surface area contributed by atoms with Crippen LogP contribution < -0.4 is 0 Å². The first-order valence-electron chi connectivity index (χ1n) is 3.21. The zero-order valence-corrected chi connectivity index (χ0v) is 8.37. The maximum atomic E-state index is 10.6. The van der Waals surface area contributed by atoms with Gasteiger partial charge in [-0.2, -0.15) is 0 Å². The van der Waals surface area contributed by atoms with Gasteiger partial charge in [0, 0.05) is 6.26 Å². The van der Waals surface area contributed by atoms with E-state index >= 15 is 0 Å². The Morgan fingerprint density at radius 2 is 2.09 bits per heavy atom. The highest BCUT2D eigenvalue weighted by Gasteiger charge is 2.03. The topological polar surface area (TPSA) is 57.2 Å². The molecule has 1 radical (unpaired) electrons. The highest BCUT2D eigenvalue weighted by Crippen LogP contribution is 1.95. The Hall–Kier alpha value is 0.260. The minimum atomic E-state index is -2.88. The van der Waals surface area contributed by atoms with Crippen LogP contribution in [0, 0.1) is 6.42 Å². The molecule has 0 aromatic heterocycles. The highest BCUT2D eigenvalue weighted by molar-refractivity contribution is 7.91. The number of hydrogen-bond donors (Lipinski definition) is 0. The van der Waals surface area contributed by atoms with Crippen molar-refractivity contribution >= 4 is 21.0 Å². The largest absolute Gasteiger partial charge is 0.617 e. The van der Waals surface area contributed by atoms with Crippen LogP contribution in [-0.2, 0) is 21.0 Å². The van der Waals surface area contributed by atoms with Crippen molar-refractivity contribution in [3.8, 4) is 0 Å². The second kappa shape index (κ2) is 5.00. The molecule has 0 heterocycles. The van der Waals surface area contributed by atoms with Crippen LogP contribution in [-0.4, -0.2) is 37.0 Å². The molecule has 0 saturated heterocycles. The molecule has 0 fully saturated rings. The van der Waals surface area contributed by atoms with Gasteiger partial charge in [0.15, 0.2) is 0 Å². The maximum absolute atomic E-state index is 10.6. The summed E-state index contributed by atoms with van der Waals surface area (Å²) in [6, 6.07) is 0. The lowest BCUT2D eigenvalue weighted by Gasteiger charge is -2.02. The van der Waals surface area contributed by atoms with Crippen LogP contribution in [0.25, 0.3) is 0 Å². The van der Waals surface area contributed by atoms with Gasteiger partial charge < -0.3 is 4.55 Å². The van der Waals surface area contributed by atoms with Crippen molar-refractivity contribution in [3.05, 3.63) is 6.42 Å². The lowest BCUT2D eigenvalue weighted by Crippen LogP contribution is -2.08. The lowest BCUT2D eigenvalue weighted by atomic mass is 10.4. The highest BCUT2D eigenvalue weighted by atomic mass is 32.2. The summed E-state index contributed by atoms with van der Waals surface area (Å²) < 4.78 is 31.6. The smallest absolute Gasteiger partial charge is 0.147 e. The molecule has 0 aliphatic rings. The van der Waals surface area contributed by atoms with Crippen LogP contribution in [0.4, 0.5) is 0 Å². The Morgan fingerprint density at radius 1 is 1.55 bits per heavy atom.